The molecule has 0 saturated carbocycles. The summed E-state index contributed by atoms with van der Waals surface area (Å²) in [4.78, 5) is 10.5. The summed E-state index contributed by atoms with van der Waals surface area (Å²) in [5, 5.41) is 7.65. The van der Waals surface area contributed by atoms with E-state index >= 15 is 0 Å². The van der Waals surface area contributed by atoms with E-state index in [0.29, 0.717) is 0 Å². The molecule has 6 aromatic carbocycles. The fraction of sp³-hybridized carbons (Fsp3) is 0. The first-order valence-corrected chi connectivity index (χ1v) is 17.3. The molecule has 0 aliphatic rings. The normalized spacial score (nSPS) is 12.0. The van der Waals surface area contributed by atoms with Gasteiger partial charge in [-0.15, -0.1) is 34.0 Å². The fourth-order valence-electron chi connectivity index (χ4n) is 6.51. The number of nitrogens with zero attached hydrogens (tertiary/aromatic N) is 2. The van der Waals surface area contributed by atoms with Gasteiger partial charge in [0.15, 0.2) is 5.82 Å². The number of hydrogen-bond acceptors (Lipinski definition) is 5. The number of benzene rings is 6. The SMILES string of the molecule is c1ccc2c(c1)sc1ccc(-c3cc(-c4ccc5sc6ccccc6c5c4)nc(-c4ccc5sc6ccccc6c5c4)n3)cc12. The van der Waals surface area contributed by atoms with Gasteiger partial charge in [-0.2, -0.15) is 0 Å². The molecule has 10 aromatic rings. The van der Waals surface area contributed by atoms with Gasteiger partial charge >= 0.3 is 0 Å². The molecule has 0 fully saturated rings. The Hall–Kier alpha value is -4.94. The van der Waals surface area contributed by atoms with Gasteiger partial charge in [-0.25, -0.2) is 9.97 Å². The zero-order valence-corrected chi connectivity index (χ0v) is 26.3. The molecule has 0 aliphatic carbocycles. The Morgan fingerprint density at radius 1 is 0.311 bits per heavy atom. The van der Waals surface area contributed by atoms with Crippen molar-refractivity contribution in [2.75, 3.05) is 0 Å². The highest BCUT2D eigenvalue weighted by atomic mass is 32.1. The van der Waals surface area contributed by atoms with Crippen LogP contribution in [-0.2, 0) is 0 Å². The second-order valence-electron chi connectivity index (χ2n) is 11.4. The summed E-state index contributed by atoms with van der Waals surface area (Å²) < 4.78 is 7.77. The van der Waals surface area contributed by atoms with Crippen LogP contribution < -0.4 is 0 Å². The Kier molecular flexibility index (Phi) is 5.52. The van der Waals surface area contributed by atoms with Gasteiger partial charge in [0, 0.05) is 77.2 Å². The van der Waals surface area contributed by atoms with Crippen molar-refractivity contribution in [3.05, 3.63) is 133 Å². The Balaban J connectivity index is 1.21. The summed E-state index contributed by atoms with van der Waals surface area (Å²) in [6.07, 6.45) is 0. The first kappa shape index (κ1) is 25.4. The lowest BCUT2D eigenvalue weighted by atomic mass is 10.0. The minimum Gasteiger partial charge on any atom is -0.228 e. The molecule has 4 heterocycles. The number of aromatic nitrogens is 2. The van der Waals surface area contributed by atoms with E-state index in [1.54, 1.807) is 0 Å². The average molecular weight is 627 g/mol. The number of rotatable bonds is 3. The van der Waals surface area contributed by atoms with Crippen LogP contribution in [0.5, 0.6) is 0 Å². The third kappa shape index (κ3) is 4.05. The van der Waals surface area contributed by atoms with E-state index < -0.39 is 0 Å². The van der Waals surface area contributed by atoms with Gasteiger partial charge < -0.3 is 0 Å². The lowest BCUT2D eigenvalue weighted by molar-refractivity contribution is 1.19. The summed E-state index contributed by atoms with van der Waals surface area (Å²) in [6, 6.07) is 48.3. The summed E-state index contributed by atoms with van der Waals surface area (Å²) in [7, 11) is 0. The monoisotopic (exact) mass is 626 g/mol. The van der Waals surface area contributed by atoms with Crippen LogP contribution in [0, 0.1) is 0 Å². The van der Waals surface area contributed by atoms with Crippen molar-refractivity contribution >= 4 is 94.5 Å². The van der Waals surface area contributed by atoms with E-state index in [4.69, 9.17) is 9.97 Å². The van der Waals surface area contributed by atoms with Crippen molar-refractivity contribution in [3.63, 3.8) is 0 Å². The van der Waals surface area contributed by atoms with Crippen LogP contribution in [0.4, 0.5) is 0 Å². The molecule has 0 atom stereocenters. The Bertz CT molecular complexity index is 2470. The Morgan fingerprint density at radius 2 is 0.667 bits per heavy atom. The summed E-state index contributed by atoms with van der Waals surface area (Å²) in [6.45, 7) is 0. The molecule has 0 bridgehead atoms. The van der Waals surface area contributed by atoms with E-state index in [1.165, 1.54) is 60.5 Å². The largest absolute Gasteiger partial charge is 0.228 e. The predicted octanol–water partition coefficient (Wildman–Crippen LogP) is 12.6. The molecule has 10 rings (SSSR count). The molecule has 0 N–H and O–H groups in total. The summed E-state index contributed by atoms with van der Waals surface area (Å²) in [5.74, 6) is 0.741. The van der Waals surface area contributed by atoms with Gasteiger partial charge in [0.25, 0.3) is 0 Å². The molecular formula is C40H22N2S3. The minimum atomic E-state index is 0.741. The topological polar surface area (TPSA) is 25.8 Å². The molecule has 210 valence electrons. The quantitative estimate of drug-likeness (QED) is 0.195. The summed E-state index contributed by atoms with van der Waals surface area (Å²) in [5.41, 5.74) is 5.08. The molecule has 5 heteroatoms. The van der Waals surface area contributed by atoms with Crippen molar-refractivity contribution in [2.45, 2.75) is 0 Å². The Morgan fingerprint density at radius 3 is 1.11 bits per heavy atom. The standard InChI is InChI=1S/C40H22N2S3/c1-4-10-34-26(7-1)29-19-23(13-16-37(29)43-34)32-22-33(24-14-17-38-30(20-24)27-8-2-5-11-35(27)44-38)42-40(41-32)25-15-18-39-31(21-25)28-9-3-6-12-36(28)45-39/h1-22H. The number of thiophene rings is 3. The molecular weight excluding hydrogens is 605 g/mol. The third-order valence-electron chi connectivity index (χ3n) is 8.71. The maximum Gasteiger partial charge on any atom is 0.160 e. The van der Waals surface area contributed by atoms with Gasteiger partial charge in [0.1, 0.15) is 0 Å². The molecule has 2 nitrogen and oxygen atoms in total. The summed E-state index contributed by atoms with van der Waals surface area (Å²) >= 11 is 5.51. The molecule has 0 saturated heterocycles. The van der Waals surface area contributed by atoms with Crippen LogP contribution in [0.2, 0.25) is 0 Å². The second kappa shape index (κ2) is 9.78. The smallest absolute Gasteiger partial charge is 0.160 e. The zero-order chi connectivity index (χ0) is 29.5. The first-order valence-electron chi connectivity index (χ1n) is 14.9. The maximum atomic E-state index is 5.24. The van der Waals surface area contributed by atoms with Crippen molar-refractivity contribution in [1.29, 1.82) is 0 Å². The fourth-order valence-corrected chi connectivity index (χ4v) is 9.77. The van der Waals surface area contributed by atoms with Crippen LogP contribution in [0.1, 0.15) is 0 Å². The lowest BCUT2D eigenvalue weighted by Crippen LogP contribution is -1.96. The van der Waals surface area contributed by atoms with Crippen molar-refractivity contribution in [1.82, 2.24) is 9.97 Å². The van der Waals surface area contributed by atoms with Gasteiger partial charge in [0.2, 0.25) is 0 Å². The first-order chi connectivity index (χ1) is 22.2. The second-order valence-corrected chi connectivity index (χ2v) is 14.6. The minimum absolute atomic E-state index is 0.741. The van der Waals surface area contributed by atoms with Crippen molar-refractivity contribution in [2.24, 2.45) is 0 Å². The Labute approximate surface area is 270 Å². The van der Waals surface area contributed by atoms with E-state index in [9.17, 15) is 0 Å². The van der Waals surface area contributed by atoms with Crippen LogP contribution in [-0.4, -0.2) is 9.97 Å². The van der Waals surface area contributed by atoms with Crippen LogP contribution in [0.3, 0.4) is 0 Å². The highest BCUT2D eigenvalue weighted by Crippen LogP contribution is 2.40. The number of fused-ring (bicyclic) bond motifs is 9. The average Bonchev–Trinajstić information content (AvgIpc) is 3.78. The van der Waals surface area contributed by atoms with E-state index in [0.717, 1.165) is 33.9 Å². The van der Waals surface area contributed by atoms with Gasteiger partial charge in [0.05, 0.1) is 11.4 Å². The predicted molar refractivity (Wildman–Crippen MR) is 197 cm³/mol. The van der Waals surface area contributed by atoms with Gasteiger partial charge in [-0.3, -0.25) is 0 Å². The molecule has 0 unspecified atom stereocenters. The maximum absolute atomic E-state index is 5.24. The van der Waals surface area contributed by atoms with Crippen LogP contribution in [0.15, 0.2) is 133 Å². The molecule has 0 aliphatic heterocycles. The highest BCUT2D eigenvalue weighted by molar-refractivity contribution is 7.26. The van der Waals surface area contributed by atoms with E-state index in [2.05, 4.69) is 133 Å². The van der Waals surface area contributed by atoms with Gasteiger partial charge in [-0.05, 0) is 66.7 Å². The van der Waals surface area contributed by atoms with Crippen molar-refractivity contribution in [3.8, 4) is 33.9 Å². The van der Waals surface area contributed by atoms with E-state index in [1.807, 2.05) is 34.0 Å². The van der Waals surface area contributed by atoms with Gasteiger partial charge in [-0.1, -0.05) is 66.7 Å². The van der Waals surface area contributed by atoms with Crippen LogP contribution in [0.25, 0.3) is 94.4 Å². The highest BCUT2D eigenvalue weighted by Gasteiger charge is 2.15. The lowest BCUT2D eigenvalue weighted by Gasteiger charge is -2.10. The van der Waals surface area contributed by atoms with E-state index in [-0.39, 0.29) is 0 Å². The number of hydrogen-bond donors (Lipinski definition) is 0. The molecule has 4 aromatic heterocycles. The molecule has 0 spiro atoms. The third-order valence-corrected chi connectivity index (χ3v) is 12.2. The molecule has 45 heavy (non-hydrogen) atoms. The van der Waals surface area contributed by atoms with Crippen molar-refractivity contribution < 1.29 is 0 Å². The molecule has 0 amide bonds. The molecule has 0 radical (unpaired) electrons. The van der Waals surface area contributed by atoms with Crippen LogP contribution >= 0.6 is 34.0 Å². The zero-order valence-electron chi connectivity index (χ0n) is 23.8.